The third kappa shape index (κ3) is 5.92. The van der Waals surface area contributed by atoms with Crippen molar-refractivity contribution in [2.24, 2.45) is 0 Å². The molecule has 0 radical (unpaired) electrons. The molecule has 2 aromatic heterocycles. The smallest absolute Gasteiger partial charge is 0.232 e. The Balaban J connectivity index is 1.36. The van der Waals surface area contributed by atoms with Gasteiger partial charge in [-0.15, -0.1) is 11.3 Å². The van der Waals surface area contributed by atoms with E-state index in [1.807, 2.05) is 17.5 Å². The van der Waals surface area contributed by atoms with Crippen molar-refractivity contribution in [3.8, 4) is 0 Å². The molecule has 4 rings (SSSR count). The monoisotopic (exact) mass is 553 g/mol. The van der Waals surface area contributed by atoms with Gasteiger partial charge in [-0.3, -0.25) is 4.79 Å². The highest BCUT2D eigenvalue weighted by molar-refractivity contribution is 9.10. The first-order valence-electron chi connectivity index (χ1n) is 8.98. The number of halogens is 1. The van der Waals surface area contributed by atoms with Crippen molar-refractivity contribution in [3.05, 3.63) is 63.6 Å². The Morgan fingerprint density at radius 1 is 1.16 bits per heavy atom. The Labute approximate surface area is 200 Å². The molecule has 0 atom stereocenters. The van der Waals surface area contributed by atoms with Crippen LogP contribution in [0.4, 0.5) is 5.13 Å². The molecule has 1 amide bonds. The van der Waals surface area contributed by atoms with E-state index in [0.29, 0.717) is 21.0 Å². The van der Waals surface area contributed by atoms with Gasteiger partial charge < -0.3 is 5.32 Å². The number of fused-ring (bicyclic) bond motifs is 1. The van der Waals surface area contributed by atoms with Crippen molar-refractivity contribution in [1.82, 2.24) is 9.97 Å². The molecule has 31 heavy (non-hydrogen) atoms. The number of thioether (sulfide) groups is 1. The number of anilines is 1. The van der Waals surface area contributed by atoms with Gasteiger partial charge in [-0.05, 0) is 35.9 Å². The molecule has 0 saturated carbocycles. The molecule has 160 valence electrons. The molecule has 0 bridgehead atoms. The van der Waals surface area contributed by atoms with Crippen LogP contribution in [0.3, 0.4) is 0 Å². The van der Waals surface area contributed by atoms with Gasteiger partial charge in [0.05, 0.1) is 27.2 Å². The van der Waals surface area contributed by atoms with Crippen molar-refractivity contribution in [1.29, 1.82) is 0 Å². The van der Waals surface area contributed by atoms with Crippen LogP contribution in [0.1, 0.15) is 11.3 Å². The molecule has 0 saturated heterocycles. The largest absolute Gasteiger partial charge is 0.302 e. The van der Waals surface area contributed by atoms with Crippen LogP contribution in [0, 0.1) is 0 Å². The summed E-state index contributed by atoms with van der Waals surface area (Å²) >= 11 is 7.83. The zero-order chi connectivity index (χ0) is 22.0. The molecule has 1 N–H and O–H groups in total. The molecular weight excluding hydrogens is 538 g/mol. The fourth-order valence-electron chi connectivity index (χ4n) is 2.68. The number of sulfone groups is 1. The molecule has 0 aliphatic carbocycles. The molecule has 4 aromatic rings. The average Bonchev–Trinajstić information content (AvgIpc) is 3.32. The normalized spacial score (nSPS) is 11.7. The van der Waals surface area contributed by atoms with Gasteiger partial charge in [-0.1, -0.05) is 51.2 Å². The number of nitrogens with one attached hydrogen (secondary N) is 1. The predicted octanol–water partition coefficient (Wildman–Crippen LogP) is 5.39. The van der Waals surface area contributed by atoms with Crippen LogP contribution >= 0.6 is 50.4 Å². The molecule has 2 aromatic carbocycles. The van der Waals surface area contributed by atoms with Crippen LogP contribution in [-0.4, -0.2) is 30.5 Å². The van der Waals surface area contributed by atoms with Gasteiger partial charge in [0.2, 0.25) is 5.91 Å². The maximum atomic E-state index is 12.4. The summed E-state index contributed by atoms with van der Waals surface area (Å²) in [5.74, 6) is 0.602. The third-order valence-corrected chi connectivity index (χ3v) is 8.90. The molecule has 11 heteroatoms. The topological polar surface area (TPSA) is 89.0 Å². The zero-order valence-corrected chi connectivity index (χ0v) is 21.0. The lowest BCUT2D eigenvalue weighted by atomic mass is 10.2. The van der Waals surface area contributed by atoms with Crippen molar-refractivity contribution in [3.63, 3.8) is 0 Å². The number of carbonyl (C=O) groups is 1. The van der Waals surface area contributed by atoms with Gasteiger partial charge in [-0.2, -0.15) is 0 Å². The maximum Gasteiger partial charge on any atom is 0.232 e. The fraction of sp³-hybridized carbons (Fsp3) is 0.150. The summed E-state index contributed by atoms with van der Waals surface area (Å²) in [5.41, 5.74) is 2.56. The lowest BCUT2D eigenvalue weighted by Gasteiger charge is -2.00. The summed E-state index contributed by atoms with van der Waals surface area (Å²) in [7, 11) is -3.29. The van der Waals surface area contributed by atoms with Crippen molar-refractivity contribution < 1.29 is 13.2 Å². The van der Waals surface area contributed by atoms with Crippen LogP contribution in [0.2, 0.25) is 0 Å². The highest BCUT2D eigenvalue weighted by Gasteiger charge is 2.14. The van der Waals surface area contributed by atoms with Crippen LogP contribution in [0.25, 0.3) is 10.2 Å². The number of carbonyl (C=O) groups excluding carboxylic acids is 1. The van der Waals surface area contributed by atoms with Crippen LogP contribution in [0.15, 0.2) is 61.6 Å². The lowest BCUT2D eigenvalue weighted by Crippen LogP contribution is -2.14. The molecular formula is C20H16BrN3O3S4. The second-order valence-corrected chi connectivity index (χ2v) is 12.7. The maximum absolute atomic E-state index is 12.4. The minimum atomic E-state index is -3.29. The highest BCUT2D eigenvalue weighted by atomic mass is 79.9. The van der Waals surface area contributed by atoms with Crippen LogP contribution in [0.5, 0.6) is 0 Å². The second kappa shape index (κ2) is 9.37. The van der Waals surface area contributed by atoms with E-state index in [2.05, 4.69) is 43.3 Å². The van der Waals surface area contributed by atoms with Gasteiger partial charge >= 0.3 is 0 Å². The Kier molecular flexibility index (Phi) is 6.77. The standard InChI is InChI=1S/C20H16BrN3O3S4/c1-31(26,27)15-6-7-16-17(9-15)30-19(23-16)24-18(25)8-14-11-29-20(22-14)28-10-12-2-4-13(21)5-3-12/h2-7,9,11H,8,10H2,1H3,(H,23,24,25). The third-order valence-electron chi connectivity index (χ3n) is 4.18. The SMILES string of the molecule is CS(=O)(=O)c1ccc2nc(NC(=O)Cc3csc(SCc4ccc(Br)cc4)n3)sc2c1. The number of thiazole rings is 2. The van der Waals surface area contributed by atoms with Crippen molar-refractivity contribution >= 4 is 81.5 Å². The van der Waals surface area contributed by atoms with E-state index < -0.39 is 9.84 Å². The minimum absolute atomic E-state index is 0.153. The number of hydrogen-bond donors (Lipinski definition) is 1. The van der Waals surface area contributed by atoms with Gasteiger partial charge in [-0.25, -0.2) is 18.4 Å². The Bertz CT molecular complexity index is 1350. The number of nitrogens with zero attached hydrogens (tertiary/aromatic N) is 2. The summed E-state index contributed by atoms with van der Waals surface area (Å²) < 4.78 is 26.1. The van der Waals surface area contributed by atoms with Crippen molar-refractivity contribution in [2.45, 2.75) is 21.4 Å². The quantitative estimate of drug-likeness (QED) is 0.308. The summed E-state index contributed by atoms with van der Waals surface area (Å²) in [6.45, 7) is 0. The number of aromatic nitrogens is 2. The van der Waals surface area contributed by atoms with Gasteiger partial charge in [0, 0.05) is 21.9 Å². The predicted molar refractivity (Wildman–Crippen MR) is 131 cm³/mol. The summed E-state index contributed by atoms with van der Waals surface area (Å²) in [5, 5.41) is 5.11. The second-order valence-electron chi connectivity index (χ2n) is 6.67. The van der Waals surface area contributed by atoms with E-state index in [4.69, 9.17) is 0 Å². The van der Waals surface area contributed by atoms with Crippen molar-refractivity contribution in [2.75, 3.05) is 11.6 Å². The average molecular weight is 555 g/mol. The highest BCUT2D eigenvalue weighted by Crippen LogP contribution is 2.29. The number of benzene rings is 2. The van der Waals surface area contributed by atoms with E-state index >= 15 is 0 Å². The van der Waals surface area contributed by atoms with E-state index in [1.54, 1.807) is 23.9 Å². The first kappa shape index (κ1) is 22.4. The molecule has 2 heterocycles. The Morgan fingerprint density at radius 3 is 2.68 bits per heavy atom. The zero-order valence-electron chi connectivity index (χ0n) is 16.2. The van der Waals surface area contributed by atoms with E-state index in [-0.39, 0.29) is 17.2 Å². The lowest BCUT2D eigenvalue weighted by molar-refractivity contribution is -0.115. The molecule has 0 unspecified atom stereocenters. The van der Waals surface area contributed by atoms with Crippen LogP contribution < -0.4 is 5.32 Å². The van der Waals surface area contributed by atoms with E-state index in [1.165, 1.54) is 34.3 Å². The first-order chi connectivity index (χ1) is 14.8. The molecule has 6 nitrogen and oxygen atoms in total. The van der Waals surface area contributed by atoms with E-state index in [9.17, 15) is 13.2 Å². The Morgan fingerprint density at radius 2 is 1.94 bits per heavy atom. The van der Waals surface area contributed by atoms with Crippen LogP contribution in [-0.2, 0) is 26.8 Å². The molecule has 0 spiro atoms. The minimum Gasteiger partial charge on any atom is -0.302 e. The summed E-state index contributed by atoms with van der Waals surface area (Å²) in [6, 6.07) is 12.9. The molecule has 0 fully saturated rings. The first-order valence-corrected chi connectivity index (χ1v) is 14.3. The number of hydrogen-bond acceptors (Lipinski definition) is 8. The molecule has 0 aliphatic heterocycles. The number of rotatable bonds is 7. The fourth-order valence-corrected chi connectivity index (χ4v) is 6.39. The van der Waals surface area contributed by atoms with Gasteiger partial charge in [0.25, 0.3) is 0 Å². The van der Waals surface area contributed by atoms with Gasteiger partial charge in [0.1, 0.15) is 4.34 Å². The summed E-state index contributed by atoms with van der Waals surface area (Å²) in [4.78, 5) is 21.5. The molecule has 0 aliphatic rings. The van der Waals surface area contributed by atoms with Gasteiger partial charge in [0.15, 0.2) is 15.0 Å². The number of amides is 1. The summed E-state index contributed by atoms with van der Waals surface area (Å²) in [6.07, 6.45) is 1.32. The Hall–Kier alpha value is -1.79. The van der Waals surface area contributed by atoms with E-state index in [0.717, 1.165) is 20.8 Å².